The van der Waals surface area contributed by atoms with Crippen LogP contribution in [0.25, 0.3) is 0 Å². The fourth-order valence-electron chi connectivity index (χ4n) is 1.26. The van der Waals surface area contributed by atoms with Crippen molar-refractivity contribution < 1.29 is 28.5 Å². The molecule has 0 radical (unpaired) electrons. The molecule has 3 N–H and O–H groups in total. The molecule has 0 saturated carbocycles. The van der Waals surface area contributed by atoms with E-state index in [4.69, 9.17) is 29.4 Å². The summed E-state index contributed by atoms with van der Waals surface area (Å²) in [6, 6.07) is 0. The second kappa shape index (κ2) is 19.2. The molecule has 0 aliphatic rings. The molecule has 0 spiro atoms. The molecule has 8 heteroatoms. The maximum absolute atomic E-state index is 9.94. The predicted molar refractivity (Wildman–Crippen MR) is 77.2 cm³/mol. The Morgan fingerprint density at radius 2 is 1.05 bits per heavy atom. The van der Waals surface area contributed by atoms with Crippen LogP contribution in [0.4, 0.5) is 0 Å². The highest BCUT2D eigenvalue weighted by molar-refractivity contribution is 5.45. The first-order valence-corrected chi connectivity index (χ1v) is 7.17. The van der Waals surface area contributed by atoms with Gasteiger partial charge in [0.25, 0.3) is 0 Å². The van der Waals surface area contributed by atoms with Crippen molar-refractivity contribution in [2.24, 2.45) is 5.73 Å². The first-order valence-electron chi connectivity index (χ1n) is 7.17. The van der Waals surface area contributed by atoms with Crippen molar-refractivity contribution in [1.82, 2.24) is 5.32 Å². The molecule has 0 bridgehead atoms. The van der Waals surface area contributed by atoms with Gasteiger partial charge in [-0.25, -0.2) is 0 Å². The Labute approximate surface area is 126 Å². The highest BCUT2D eigenvalue weighted by Crippen LogP contribution is 1.83. The van der Waals surface area contributed by atoms with Gasteiger partial charge in [-0.05, 0) is 0 Å². The summed E-state index contributed by atoms with van der Waals surface area (Å²) in [7, 11) is 0. The second-order valence-electron chi connectivity index (χ2n) is 3.92. The third kappa shape index (κ3) is 19.2. The van der Waals surface area contributed by atoms with Gasteiger partial charge in [0.1, 0.15) is 0 Å². The lowest BCUT2D eigenvalue weighted by atomic mass is 10.6. The van der Waals surface area contributed by atoms with Crippen molar-refractivity contribution in [2.45, 2.75) is 0 Å². The number of hydrogen-bond donors (Lipinski definition) is 2. The Bertz CT molecular complexity index is 209. The van der Waals surface area contributed by atoms with Crippen molar-refractivity contribution in [2.75, 3.05) is 79.2 Å². The number of hydrogen-bond acceptors (Lipinski definition) is 7. The number of nitrogens with two attached hydrogens (primary N) is 1. The number of carbonyl (C=O) groups excluding carboxylic acids is 1. The smallest absolute Gasteiger partial charge is 0.207 e. The lowest BCUT2D eigenvalue weighted by Crippen LogP contribution is -2.19. The van der Waals surface area contributed by atoms with E-state index in [2.05, 4.69) is 5.32 Å². The minimum absolute atomic E-state index is 0.491. The van der Waals surface area contributed by atoms with Crippen molar-refractivity contribution in [3.8, 4) is 0 Å². The SMILES string of the molecule is NCCOCCOCCOCCOCCOCCNC=O. The van der Waals surface area contributed by atoms with Crippen LogP contribution in [0.1, 0.15) is 0 Å². The van der Waals surface area contributed by atoms with Gasteiger partial charge < -0.3 is 34.7 Å². The van der Waals surface area contributed by atoms with Crippen molar-refractivity contribution in [3.05, 3.63) is 0 Å². The number of ether oxygens (including phenoxy) is 5. The van der Waals surface area contributed by atoms with Crippen molar-refractivity contribution in [1.29, 1.82) is 0 Å². The minimum atomic E-state index is 0.491. The zero-order chi connectivity index (χ0) is 15.4. The molecule has 0 aromatic rings. The van der Waals surface area contributed by atoms with E-state index >= 15 is 0 Å². The van der Waals surface area contributed by atoms with E-state index in [9.17, 15) is 4.79 Å². The lowest BCUT2D eigenvalue weighted by molar-refractivity contribution is -0.109. The van der Waals surface area contributed by atoms with Crippen LogP contribution in [0.3, 0.4) is 0 Å². The third-order valence-corrected chi connectivity index (χ3v) is 2.22. The fraction of sp³-hybridized carbons (Fsp3) is 0.923. The Morgan fingerprint density at radius 1 is 0.667 bits per heavy atom. The molecule has 0 unspecified atom stereocenters. The zero-order valence-corrected chi connectivity index (χ0v) is 12.6. The molecular weight excluding hydrogens is 280 g/mol. The molecule has 0 heterocycles. The van der Waals surface area contributed by atoms with Crippen LogP contribution in [-0.4, -0.2) is 85.6 Å². The van der Waals surface area contributed by atoms with Gasteiger partial charge in [0.15, 0.2) is 0 Å². The van der Waals surface area contributed by atoms with Gasteiger partial charge in [0, 0.05) is 13.1 Å². The summed E-state index contributed by atoms with van der Waals surface area (Å²) in [5, 5.41) is 2.51. The summed E-state index contributed by atoms with van der Waals surface area (Å²) in [6.45, 7) is 6.36. The molecule has 0 atom stereocenters. The van der Waals surface area contributed by atoms with Gasteiger partial charge in [-0.3, -0.25) is 4.79 Å². The first-order chi connectivity index (χ1) is 10.4. The Kier molecular flexibility index (Phi) is 18.5. The van der Waals surface area contributed by atoms with E-state index in [1.54, 1.807) is 0 Å². The van der Waals surface area contributed by atoms with Crippen LogP contribution in [0.15, 0.2) is 0 Å². The number of rotatable bonds is 18. The summed E-state index contributed by atoms with van der Waals surface area (Å²) in [4.78, 5) is 9.94. The standard InChI is InChI=1S/C13H28N2O6/c14-1-3-17-5-7-19-9-11-21-12-10-20-8-6-18-4-2-15-13-16/h13H,1-12,14H2,(H,15,16). The first kappa shape index (κ1) is 20.2. The molecule has 0 rings (SSSR count). The summed E-state index contributed by atoms with van der Waals surface area (Å²) in [5.74, 6) is 0. The van der Waals surface area contributed by atoms with Crippen LogP contribution >= 0.6 is 0 Å². The molecule has 0 aliphatic heterocycles. The molecule has 1 amide bonds. The summed E-state index contributed by atoms with van der Waals surface area (Å²) < 4.78 is 26.3. The maximum atomic E-state index is 9.94. The van der Waals surface area contributed by atoms with Gasteiger partial charge in [0.05, 0.1) is 66.1 Å². The molecular formula is C13H28N2O6. The van der Waals surface area contributed by atoms with Crippen molar-refractivity contribution in [3.63, 3.8) is 0 Å². The fourth-order valence-corrected chi connectivity index (χ4v) is 1.26. The maximum Gasteiger partial charge on any atom is 0.207 e. The van der Waals surface area contributed by atoms with Gasteiger partial charge in [-0.2, -0.15) is 0 Å². The number of nitrogens with one attached hydrogen (secondary N) is 1. The Balaban J connectivity index is 2.91. The van der Waals surface area contributed by atoms with Gasteiger partial charge >= 0.3 is 0 Å². The van der Waals surface area contributed by atoms with Gasteiger partial charge in [-0.1, -0.05) is 0 Å². The summed E-state index contributed by atoms with van der Waals surface area (Å²) >= 11 is 0. The molecule has 0 aromatic heterocycles. The van der Waals surface area contributed by atoms with Crippen molar-refractivity contribution >= 4 is 6.41 Å². The van der Waals surface area contributed by atoms with Gasteiger partial charge in [-0.15, -0.1) is 0 Å². The van der Waals surface area contributed by atoms with Gasteiger partial charge in [0.2, 0.25) is 6.41 Å². The van der Waals surface area contributed by atoms with E-state index in [1.165, 1.54) is 0 Å². The Hall–Kier alpha value is -0.770. The molecule has 126 valence electrons. The predicted octanol–water partition coefficient (Wildman–Crippen LogP) is -1.23. The highest BCUT2D eigenvalue weighted by atomic mass is 16.6. The minimum Gasteiger partial charge on any atom is -0.378 e. The average molecular weight is 308 g/mol. The molecule has 8 nitrogen and oxygen atoms in total. The van der Waals surface area contributed by atoms with Crippen LogP contribution in [0.2, 0.25) is 0 Å². The van der Waals surface area contributed by atoms with Crippen LogP contribution in [-0.2, 0) is 28.5 Å². The van der Waals surface area contributed by atoms with E-state index in [0.29, 0.717) is 85.6 Å². The lowest BCUT2D eigenvalue weighted by Gasteiger charge is -2.07. The summed E-state index contributed by atoms with van der Waals surface area (Å²) in [6.07, 6.45) is 0.647. The van der Waals surface area contributed by atoms with E-state index in [0.717, 1.165) is 0 Å². The molecule has 0 aromatic carbocycles. The number of amides is 1. The Morgan fingerprint density at radius 3 is 1.43 bits per heavy atom. The molecule has 0 saturated heterocycles. The second-order valence-corrected chi connectivity index (χ2v) is 3.92. The number of carbonyl (C=O) groups is 1. The van der Waals surface area contributed by atoms with Crippen LogP contribution in [0, 0.1) is 0 Å². The largest absolute Gasteiger partial charge is 0.378 e. The normalized spacial score (nSPS) is 10.7. The summed E-state index contributed by atoms with van der Waals surface area (Å²) in [5.41, 5.74) is 5.27. The van der Waals surface area contributed by atoms with Crippen LogP contribution < -0.4 is 11.1 Å². The van der Waals surface area contributed by atoms with Crippen LogP contribution in [0.5, 0.6) is 0 Å². The monoisotopic (exact) mass is 308 g/mol. The highest BCUT2D eigenvalue weighted by Gasteiger charge is 1.93. The molecule has 0 aliphatic carbocycles. The topological polar surface area (TPSA) is 101 Å². The molecule has 0 fully saturated rings. The zero-order valence-electron chi connectivity index (χ0n) is 12.6. The third-order valence-electron chi connectivity index (χ3n) is 2.22. The quantitative estimate of drug-likeness (QED) is 0.242. The van der Waals surface area contributed by atoms with E-state index < -0.39 is 0 Å². The van der Waals surface area contributed by atoms with E-state index in [-0.39, 0.29) is 0 Å². The average Bonchev–Trinajstić information content (AvgIpc) is 2.50. The molecule has 21 heavy (non-hydrogen) atoms. The van der Waals surface area contributed by atoms with E-state index in [1.807, 2.05) is 0 Å².